The third-order valence-corrected chi connectivity index (χ3v) is 23.5. The van der Waals surface area contributed by atoms with Crippen LogP contribution < -0.4 is 0 Å². The van der Waals surface area contributed by atoms with Crippen molar-refractivity contribution < 1.29 is 18.0 Å². The van der Waals surface area contributed by atoms with E-state index in [1.54, 1.807) is 0 Å². The van der Waals surface area contributed by atoms with Crippen LogP contribution in [-0.2, 0) is 18.0 Å². The fraction of sp³-hybridized carbons (Fsp3) is 0.647. The van der Waals surface area contributed by atoms with Gasteiger partial charge in [-0.2, -0.15) is 0 Å². The van der Waals surface area contributed by atoms with Crippen molar-refractivity contribution in [1.82, 2.24) is 0 Å². The zero-order valence-electron chi connectivity index (χ0n) is 28.7. The van der Waals surface area contributed by atoms with E-state index in [2.05, 4.69) is 150 Å². The molecule has 0 spiro atoms. The Balaban J connectivity index is 2.14. The van der Waals surface area contributed by atoms with Gasteiger partial charge in [-0.25, -0.2) is 0 Å². The van der Waals surface area contributed by atoms with Crippen molar-refractivity contribution in [3.63, 3.8) is 0 Å². The molecule has 0 radical (unpaired) electrons. The lowest BCUT2D eigenvalue weighted by molar-refractivity contribution is -0.0906. The minimum atomic E-state index is -2.18. The predicted octanol–water partition coefficient (Wildman–Crippen LogP) is 10.6. The summed E-state index contributed by atoms with van der Waals surface area (Å²) >= 11 is 0. The van der Waals surface area contributed by atoms with Crippen molar-refractivity contribution in [2.24, 2.45) is 0 Å². The molecule has 0 bridgehead atoms. The van der Waals surface area contributed by atoms with Gasteiger partial charge in [-0.05, 0) is 82.9 Å². The molecule has 0 aliphatic carbocycles. The van der Waals surface area contributed by atoms with Gasteiger partial charge in [0.25, 0.3) is 0 Å². The zero-order chi connectivity index (χ0) is 31.2. The van der Waals surface area contributed by atoms with Gasteiger partial charge in [0.05, 0.1) is 6.61 Å². The number of hydrogen-bond donors (Lipinski definition) is 0. The topological polar surface area (TPSA) is 36.9 Å². The molecule has 0 amide bonds. The summed E-state index contributed by atoms with van der Waals surface area (Å²) in [6.45, 7) is 35.0. The second-order valence-electron chi connectivity index (χ2n) is 16.5. The Bertz CT molecular complexity index is 1230. The first-order valence-electron chi connectivity index (χ1n) is 15.3. The fourth-order valence-electron chi connectivity index (χ4n) is 4.09. The summed E-state index contributed by atoms with van der Waals surface area (Å²) in [6.07, 6.45) is 1.36. The lowest BCUT2D eigenvalue weighted by Crippen LogP contribution is -2.54. The van der Waals surface area contributed by atoms with Crippen LogP contribution in [0.25, 0.3) is 10.8 Å². The van der Waals surface area contributed by atoms with Gasteiger partial charge in [0.15, 0.2) is 16.6 Å². The van der Waals surface area contributed by atoms with Crippen LogP contribution in [0.2, 0.25) is 54.4 Å². The highest BCUT2D eigenvalue weighted by molar-refractivity contribution is 6.75. The monoisotopic (exact) mass is 614 g/mol. The van der Waals surface area contributed by atoms with Crippen LogP contribution in [0.4, 0.5) is 0 Å². The maximum atomic E-state index is 7.21. The van der Waals surface area contributed by atoms with E-state index in [9.17, 15) is 0 Å². The normalized spacial score (nSPS) is 21.6. The van der Waals surface area contributed by atoms with Crippen molar-refractivity contribution in [3.8, 4) is 0 Å². The number of hydrogen-bond acceptors (Lipinski definition) is 4. The fourth-order valence-corrected chi connectivity index (χ4v) is 7.44. The molecule has 1 aliphatic rings. The maximum absolute atomic E-state index is 7.21. The van der Waals surface area contributed by atoms with E-state index in [1.807, 2.05) is 0 Å². The molecule has 3 atom stereocenters. The number of rotatable bonds is 8. The Hall–Kier alpha value is -1.23. The molecule has 0 saturated carbocycles. The Morgan fingerprint density at radius 1 is 0.683 bits per heavy atom. The SMILES string of the molecule is CC(C)(C)[Si](C)(C)OC[C@H]1O[C@H](c2ccc3ccccc3c2)C=C(O[Si](C)(C)C(C)(C)C)[C@@H]1O[Si](C)(C)C(C)(C)C. The lowest BCUT2D eigenvalue weighted by atomic mass is 9.99. The van der Waals surface area contributed by atoms with Gasteiger partial charge < -0.3 is 18.0 Å². The Morgan fingerprint density at radius 2 is 1.22 bits per heavy atom. The van der Waals surface area contributed by atoms with Crippen LogP contribution in [0.15, 0.2) is 54.3 Å². The van der Waals surface area contributed by atoms with Crippen LogP contribution >= 0.6 is 0 Å². The van der Waals surface area contributed by atoms with Gasteiger partial charge in [0, 0.05) is 0 Å². The number of fused-ring (bicyclic) bond motifs is 1. The molecule has 0 fully saturated rings. The van der Waals surface area contributed by atoms with E-state index in [0.717, 1.165) is 11.3 Å². The van der Waals surface area contributed by atoms with Crippen molar-refractivity contribution in [2.45, 2.75) is 135 Å². The summed E-state index contributed by atoms with van der Waals surface area (Å²) in [7, 11) is -6.37. The van der Waals surface area contributed by atoms with E-state index in [4.69, 9.17) is 18.0 Å². The van der Waals surface area contributed by atoms with Gasteiger partial charge in [0.2, 0.25) is 8.32 Å². The molecule has 1 heterocycles. The van der Waals surface area contributed by atoms with Crippen molar-refractivity contribution in [3.05, 3.63) is 59.9 Å². The quantitative estimate of drug-likeness (QED) is 0.277. The Kier molecular flexibility index (Phi) is 9.77. The standard InChI is InChI=1S/C34H58O4Si3/c1-32(2,3)39(10,11)35-24-30-31(38-41(14,15)34(7,8)9)29(37-40(12,13)33(4,5)6)23-28(36-30)27-21-20-25-18-16-17-19-26(25)22-27/h16-23,28,30-31H,24H2,1-15H3/t28-,30+,31-/m0/s1. The van der Waals surface area contributed by atoms with Gasteiger partial charge in [-0.3, -0.25) is 0 Å². The molecule has 4 nitrogen and oxygen atoms in total. The zero-order valence-corrected chi connectivity index (χ0v) is 31.7. The average molecular weight is 615 g/mol. The second kappa shape index (κ2) is 11.7. The molecular formula is C34H58O4Si3. The second-order valence-corrected chi connectivity index (χ2v) is 30.8. The van der Waals surface area contributed by atoms with Crippen LogP contribution in [-0.4, -0.2) is 43.8 Å². The summed E-state index contributed by atoms with van der Waals surface area (Å²) in [6, 6.07) is 15.1. The van der Waals surface area contributed by atoms with Crippen LogP contribution in [0.3, 0.4) is 0 Å². The van der Waals surface area contributed by atoms with E-state index >= 15 is 0 Å². The highest BCUT2D eigenvalue weighted by Gasteiger charge is 2.48. The highest BCUT2D eigenvalue weighted by Crippen LogP contribution is 2.45. The summed E-state index contributed by atoms with van der Waals surface area (Å²) in [5, 5.41) is 2.65. The van der Waals surface area contributed by atoms with E-state index in [-0.39, 0.29) is 33.4 Å². The first-order valence-corrected chi connectivity index (χ1v) is 24.0. The molecule has 0 aromatic heterocycles. The minimum absolute atomic E-state index is 0.0507. The Labute approximate surface area is 254 Å². The maximum Gasteiger partial charge on any atom is 0.250 e. The lowest BCUT2D eigenvalue weighted by Gasteiger charge is -2.47. The van der Waals surface area contributed by atoms with E-state index in [0.29, 0.717) is 6.61 Å². The molecule has 2 aromatic carbocycles. The van der Waals surface area contributed by atoms with E-state index in [1.165, 1.54) is 10.8 Å². The van der Waals surface area contributed by atoms with Crippen molar-refractivity contribution >= 4 is 35.7 Å². The first-order chi connectivity index (χ1) is 18.5. The summed E-state index contributed by atoms with van der Waals surface area (Å²) in [4.78, 5) is 0. The molecular weight excluding hydrogens is 557 g/mol. The molecule has 41 heavy (non-hydrogen) atoms. The minimum Gasteiger partial charge on any atom is -0.545 e. The predicted molar refractivity (Wildman–Crippen MR) is 183 cm³/mol. The average Bonchev–Trinajstić information content (AvgIpc) is 2.81. The highest BCUT2D eigenvalue weighted by atomic mass is 28.4. The molecule has 0 unspecified atom stereocenters. The van der Waals surface area contributed by atoms with Crippen molar-refractivity contribution in [2.75, 3.05) is 6.61 Å². The molecule has 2 aromatic rings. The van der Waals surface area contributed by atoms with Gasteiger partial charge in [-0.15, -0.1) is 0 Å². The third kappa shape index (κ3) is 7.84. The van der Waals surface area contributed by atoms with Crippen LogP contribution in [0.1, 0.15) is 74.0 Å². The van der Waals surface area contributed by atoms with E-state index < -0.39 is 25.0 Å². The summed E-state index contributed by atoms with van der Waals surface area (Å²) in [5.41, 5.74) is 1.13. The largest absolute Gasteiger partial charge is 0.545 e. The summed E-state index contributed by atoms with van der Waals surface area (Å²) in [5.74, 6) is 0.926. The first kappa shape index (κ1) is 34.3. The Morgan fingerprint density at radius 3 is 1.76 bits per heavy atom. The molecule has 0 N–H and O–H groups in total. The smallest absolute Gasteiger partial charge is 0.250 e. The van der Waals surface area contributed by atoms with Gasteiger partial charge in [-0.1, -0.05) is 98.7 Å². The van der Waals surface area contributed by atoms with Gasteiger partial charge in [0.1, 0.15) is 24.1 Å². The summed E-state index contributed by atoms with van der Waals surface area (Å²) < 4.78 is 28.2. The van der Waals surface area contributed by atoms with Crippen LogP contribution in [0.5, 0.6) is 0 Å². The molecule has 0 saturated heterocycles. The van der Waals surface area contributed by atoms with Crippen molar-refractivity contribution in [1.29, 1.82) is 0 Å². The molecule has 230 valence electrons. The van der Waals surface area contributed by atoms with Gasteiger partial charge >= 0.3 is 0 Å². The number of benzene rings is 2. The molecule has 3 rings (SSSR count). The number of ether oxygens (including phenoxy) is 1. The molecule has 7 heteroatoms. The third-order valence-electron chi connectivity index (χ3n) is 10.2. The molecule has 1 aliphatic heterocycles. The van der Waals surface area contributed by atoms with Crippen LogP contribution in [0, 0.1) is 0 Å².